The molecule has 72 valence electrons. The molecule has 0 radical (unpaired) electrons. The molecule has 0 bridgehead atoms. The van der Waals surface area contributed by atoms with Gasteiger partial charge in [-0.25, -0.2) is 0 Å². The maximum atomic E-state index is 11.8. The van der Waals surface area contributed by atoms with Crippen LogP contribution in [0.4, 0.5) is 4.39 Å². The van der Waals surface area contributed by atoms with E-state index in [4.69, 9.17) is 0 Å². The van der Waals surface area contributed by atoms with Gasteiger partial charge in [0.25, 0.3) is 0 Å². The molecule has 1 rings (SSSR count). The summed E-state index contributed by atoms with van der Waals surface area (Å²) in [5.41, 5.74) is 0. The predicted molar refractivity (Wildman–Crippen MR) is 53.5 cm³/mol. The molecule has 1 aliphatic rings. The standard InChI is InChI=1S/C9H18FNS/c1-12-9-4-3-8(7-9)11-6-2-5-10/h8-9,11H,2-7H2,1H3. The number of hydrogen-bond acceptors (Lipinski definition) is 2. The van der Waals surface area contributed by atoms with Crippen LogP contribution in [-0.2, 0) is 0 Å². The van der Waals surface area contributed by atoms with Crippen molar-refractivity contribution in [3.05, 3.63) is 0 Å². The molecule has 0 aromatic heterocycles. The summed E-state index contributed by atoms with van der Waals surface area (Å²) in [5, 5.41) is 4.23. The first-order valence-corrected chi connectivity index (χ1v) is 5.97. The van der Waals surface area contributed by atoms with Crippen LogP contribution in [0.5, 0.6) is 0 Å². The Morgan fingerprint density at radius 1 is 1.50 bits per heavy atom. The lowest BCUT2D eigenvalue weighted by Gasteiger charge is -2.11. The average molecular weight is 191 g/mol. The van der Waals surface area contributed by atoms with Gasteiger partial charge in [-0.2, -0.15) is 11.8 Å². The van der Waals surface area contributed by atoms with Crippen molar-refractivity contribution in [2.45, 2.75) is 37.0 Å². The van der Waals surface area contributed by atoms with Crippen LogP contribution in [0.15, 0.2) is 0 Å². The molecule has 0 aliphatic heterocycles. The number of nitrogens with one attached hydrogen (secondary N) is 1. The number of halogens is 1. The molecule has 0 aromatic carbocycles. The van der Waals surface area contributed by atoms with Crippen LogP contribution >= 0.6 is 11.8 Å². The van der Waals surface area contributed by atoms with Crippen molar-refractivity contribution in [1.82, 2.24) is 5.32 Å². The minimum Gasteiger partial charge on any atom is -0.314 e. The lowest BCUT2D eigenvalue weighted by atomic mass is 10.2. The van der Waals surface area contributed by atoms with Crippen LogP contribution in [0.25, 0.3) is 0 Å². The van der Waals surface area contributed by atoms with Gasteiger partial charge in [-0.1, -0.05) is 0 Å². The Balaban J connectivity index is 2.03. The van der Waals surface area contributed by atoms with E-state index in [2.05, 4.69) is 11.6 Å². The lowest BCUT2D eigenvalue weighted by Crippen LogP contribution is -2.27. The molecule has 1 N–H and O–H groups in total. The van der Waals surface area contributed by atoms with Crippen molar-refractivity contribution < 1.29 is 4.39 Å². The first-order valence-electron chi connectivity index (χ1n) is 4.69. The number of hydrogen-bond donors (Lipinski definition) is 1. The van der Waals surface area contributed by atoms with Crippen LogP contribution in [0, 0.1) is 0 Å². The Labute approximate surface area is 78.5 Å². The highest BCUT2D eigenvalue weighted by Crippen LogP contribution is 2.27. The van der Waals surface area contributed by atoms with Gasteiger partial charge in [-0.15, -0.1) is 0 Å². The van der Waals surface area contributed by atoms with Crippen LogP contribution in [0.3, 0.4) is 0 Å². The summed E-state index contributed by atoms with van der Waals surface area (Å²) in [5.74, 6) is 0. The topological polar surface area (TPSA) is 12.0 Å². The highest BCUT2D eigenvalue weighted by atomic mass is 32.2. The van der Waals surface area contributed by atoms with Crippen molar-refractivity contribution in [1.29, 1.82) is 0 Å². The van der Waals surface area contributed by atoms with Gasteiger partial charge < -0.3 is 5.32 Å². The number of thioether (sulfide) groups is 1. The summed E-state index contributed by atoms with van der Waals surface area (Å²) in [7, 11) is 0. The van der Waals surface area contributed by atoms with Gasteiger partial charge in [-0.05, 0) is 38.5 Å². The summed E-state index contributed by atoms with van der Waals surface area (Å²) in [4.78, 5) is 0. The molecule has 0 amide bonds. The molecule has 1 saturated carbocycles. The fourth-order valence-electron chi connectivity index (χ4n) is 1.71. The third-order valence-corrected chi connectivity index (χ3v) is 3.56. The molecule has 2 atom stereocenters. The van der Waals surface area contributed by atoms with Crippen molar-refractivity contribution in [3.63, 3.8) is 0 Å². The Bertz CT molecular complexity index is 121. The SMILES string of the molecule is CSC1CCC(NCCCF)C1. The maximum absolute atomic E-state index is 11.8. The second kappa shape index (κ2) is 5.81. The van der Waals surface area contributed by atoms with Gasteiger partial charge in [0.05, 0.1) is 6.67 Å². The van der Waals surface area contributed by atoms with Crippen molar-refractivity contribution >= 4 is 11.8 Å². The summed E-state index contributed by atoms with van der Waals surface area (Å²) in [6.07, 6.45) is 6.72. The largest absolute Gasteiger partial charge is 0.314 e. The molecule has 1 nitrogen and oxygen atoms in total. The van der Waals surface area contributed by atoms with Gasteiger partial charge in [0.15, 0.2) is 0 Å². The maximum Gasteiger partial charge on any atom is 0.0906 e. The van der Waals surface area contributed by atoms with Crippen LogP contribution < -0.4 is 5.32 Å². The van der Waals surface area contributed by atoms with E-state index in [0.29, 0.717) is 12.5 Å². The highest BCUT2D eigenvalue weighted by Gasteiger charge is 2.22. The van der Waals surface area contributed by atoms with Gasteiger partial charge >= 0.3 is 0 Å². The van der Waals surface area contributed by atoms with E-state index in [1.165, 1.54) is 19.3 Å². The lowest BCUT2D eigenvalue weighted by molar-refractivity contribution is 0.437. The van der Waals surface area contributed by atoms with Crippen molar-refractivity contribution in [2.24, 2.45) is 0 Å². The molecule has 0 aromatic rings. The van der Waals surface area contributed by atoms with E-state index >= 15 is 0 Å². The Hall–Kier alpha value is 0.240. The zero-order chi connectivity index (χ0) is 8.81. The van der Waals surface area contributed by atoms with Gasteiger partial charge in [0, 0.05) is 11.3 Å². The van der Waals surface area contributed by atoms with E-state index in [1.54, 1.807) is 0 Å². The molecule has 1 aliphatic carbocycles. The van der Waals surface area contributed by atoms with Crippen molar-refractivity contribution in [2.75, 3.05) is 19.5 Å². The van der Waals surface area contributed by atoms with E-state index < -0.39 is 0 Å². The van der Waals surface area contributed by atoms with Gasteiger partial charge in [0.1, 0.15) is 0 Å². The van der Waals surface area contributed by atoms with Crippen LogP contribution in [0.2, 0.25) is 0 Å². The van der Waals surface area contributed by atoms with E-state index in [1.807, 2.05) is 11.8 Å². The quantitative estimate of drug-likeness (QED) is 0.669. The summed E-state index contributed by atoms with van der Waals surface area (Å²) in [6, 6.07) is 0.661. The number of rotatable bonds is 5. The Morgan fingerprint density at radius 3 is 2.92 bits per heavy atom. The summed E-state index contributed by atoms with van der Waals surface area (Å²) >= 11 is 1.96. The summed E-state index contributed by atoms with van der Waals surface area (Å²) < 4.78 is 11.8. The Morgan fingerprint density at radius 2 is 2.33 bits per heavy atom. The van der Waals surface area contributed by atoms with E-state index in [9.17, 15) is 4.39 Å². The summed E-state index contributed by atoms with van der Waals surface area (Å²) in [6.45, 7) is 0.661. The highest BCUT2D eigenvalue weighted by molar-refractivity contribution is 7.99. The van der Waals surface area contributed by atoms with Crippen LogP contribution in [-0.4, -0.2) is 30.8 Å². The molecular weight excluding hydrogens is 173 g/mol. The molecule has 0 heterocycles. The third-order valence-electron chi connectivity index (χ3n) is 2.46. The van der Waals surface area contributed by atoms with Crippen LogP contribution in [0.1, 0.15) is 25.7 Å². The van der Waals surface area contributed by atoms with E-state index in [0.717, 1.165) is 11.8 Å². The number of alkyl halides is 1. The van der Waals surface area contributed by atoms with E-state index in [-0.39, 0.29) is 6.67 Å². The third kappa shape index (κ3) is 3.31. The normalized spacial score (nSPS) is 29.5. The van der Waals surface area contributed by atoms with Gasteiger partial charge in [0.2, 0.25) is 0 Å². The first-order chi connectivity index (χ1) is 5.86. The second-order valence-corrected chi connectivity index (χ2v) is 4.50. The second-order valence-electron chi connectivity index (χ2n) is 3.36. The minimum absolute atomic E-state index is 0.189. The fourth-order valence-corrected chi connectivity index (χ4v) is 2.51. The molecule has 2 unspecified atom stereocenters. The molecule has 0 spiro atoms. The molecule has 0 saturated heterocycles. The monoisotopic (exact) mass is 191 g/mol. The zero-order valence-electron chi connectivity index (χ0n) is 7.68. The Kier molecular flexibility index (Phi) is 5.00. The first kappa shape index (κ1) is 10.3. The van der Waals surface area contributed by atoms with Gasteiger partial charge in [-0.3, -0.25) is 4.39 Å². The molecule has 12 heavy (non-hydrogen) atoms. The van der Waals surface area contributed by atoms with Crippen molar-refractivity contribution in [3.8, 4) is 0 Å². The molecule has 1 fully saturated rings. The molecular formula is C9H18FNS. The predicted octanol–water partition coefficient (Wildman–Crippen LogP) is 2.22. The zero-order valence-corrected chi connectivity index (χ0v) is 8.50. The fraction of sp³-hybridized carbons (Fsp3) is 1.00. The molecule has 3 heteroatoms. The smallest absolute Gasteiger partial charge is 0.0906 e. The minimum atomic E-state index is -0.189. The average Bonchev–Trinajstić information content (AvgIpc) is 2.53.